The normalized spacial score (nSPS) is 31.2. The molecule has 1 saturated heterocycles. The SMILES string of the molecule is CCOC(=O)N1CCC(NCC2(O)CCC(C)CC2)CC1. The maximum atomic E-state index is 11.6. The van der Waals surface area contributed by atoms with Gasteiger partial charge in [0, 0.05) is 25.7 Å². The van der Waals surface area contributed by atoms with E-state index in [-0.39, 0.29) is 6.09 Å². The second kappa shape index (κ2) is 7.45. The fourth-order valence-corrected chi connectivity index (χ4v) is 3.29. The number of nitrogens with zero attached hydrogens (tertiary/aromatic N) is 1. The minimum Gasteiger partial charge on any atom is -0.450 e. The van der Waals surface area contributed by atoms with E-state index in [1.807, 2.05) is 6.92 Å². The lowest BCUT2D eigenvalue weighted by Crippen LogP contribution is -2.50. The first-order chi connectivity index (χ1) is 10.0. The summed E-state index contributed by atoms with van der Waals surface area (Å²) >= 11 is 0. The fraction of sp³-hybridized carbons (Fsp3) is 0.938. The van der Waals surface area contributed by atoms with Crippen LogP contribution in [0.15, 0.2) is 0 Å². The third-order valence-electron chi connectivity index (χ3n) is 4.95. The first-order valence-electron chi connectivity index (χ1n) is 8.40. The lowest BCUT2D eigenvalue weighted by Gasteiger charge is -2.38. The molecule has 5 nitrogen and oxygen atoms in total. The number of hydrogen-bond acceptors (Lipinski definition) is 4. The Morgan fingerprint density at radius 3 is 2.48 bits per heavy atom. The first kappa shape index (κ1) is 16.6. The molecule has 0 bridgehead atoms. The van der Waals surface area contributed by atoms with Crippen LogP contribution in [-0.2, 0) is 4.74 Å². The van der Waals surface area contributed by atoms with Gasteiger partial charge in [-0.15, -0.1) is 0 Å². The molecular formula is C16H30N2O3. The molecule has 2 aliphatic rings. The van der Waals surface area contributed by atoms with Gasteiger partial charge in [0.25, 0.3) is 0 Å². The van der Waals surface area contributed by atoms with Gasteiger partial charge in [0.05, 0.1) is 12.2 Å². The van der Waals surface area contributed by atoms with Crippen LogP contribution >= 0.6 is 0 Å². The molecule has 0 radical (unpaired) electrons. The predicted molar refractivity (Wildman–Crippen MR) is 82.2 cm³/mol. The third kappa shape index (κ3) is 4.85. The van der Waals surface area contributed by atoms with Crippen LogP contribution in [0.1, 0.15) is 52.4 Å². The largest absolute Gasteiger partial charge is 0.450 e. The van der Waals surface area contributed by atoms with Gasteiger partial charge in [0.15, 0.2) is 0 Å². The highest BCUT2D eigenvalue weighted by Gasteiger charge is 2.32. The molecular weight excluding hydrogens is 268 g/mol. The number of nitrogens with one attached hydrogen (secondary N) is 1. The molecule has 0 aromatic heterocycles. The van der Waals surface area contributed by atoms with Crippen LogP contribution in [0.25, 0.3) is 0 Å². The number of amides is 1. The van der Waals surface area contributed by atoms with Gasteiger partial charge in [-0.05, 0) is 51.4 Å². The lowest BCUT2D eigenvalue weighted by molar-refractivity contribution is -0.00985. The Morgan fingerprint density at radius 2 is 1.90 bits per heavy atom. The fourth-order valence-electron chi connectivity index (χ4n) is 3.29. The molecule has 1 aliphatic heterocycles. The van der Waals surface area contributed by atoms with Gasteiger partial charge in [-0.1, -0.05) is 6.92 Å². The summed E-state index contributed by atoms with van der Waals surface area (Å²) in [7, 11) is 0. The van der Waals surface area contributed by atoms with E-state index in [2.05, 4.69) is 12.2 Å². The summed E-state index contributed by atoms with van der Waals surface area (Å²) in [5.74, 6) is 0.748. The van der Waals surface area contributed by atoms with Crippen molar-refractivity contribution in [2.75, 3.05) is 26.2 Å². The molecule has 1 saturated carbocycles. The Labute approximate surface area is 128 Å². The highest BCUT2D eigenvalue weighted by molar-refractivity contribution is 5.67. The summed E-state index contributed by atoms with van der Waals surface area (Å²) in [6.07, 6.45) is 5.73. The van der Waals surface area contributed by atoms with E-state index in [0.717, 1.165) is 57.5 Å². The molecule has 0 aromatic carbocycles. The van der Waals surface area contributed by atoms with Crippen molar-refractivity contribution in [2.45, 2.75) is 64.0 Å². The number of carbonyl (C=O) groups is 1. The summed E-state index contributed by atoms with van der Waals surface area (Å²) in [6, 6.07) is 0.402. The molecule has 1 aliphatic carbocycles. The zero-order valence-electron chi connectivity index (χ0n) is 13.4. The van der Waals surface area contributed by atoms with Crippen molar-refractivity contribution in [3.05, 3.63) is 0 Å². The van der Waals surface area contributed by atoms with Gasteiger partial charge in [-0.3, -0.25) is 0 Å². The average Bonchev–Trinajstić information content (AvgIpc) is 2.49. The van der Waals surface area contributed by atoms with Crippen molar-refractivity contribution in [3.8, 4) is 0 Å². The van der Waals surface area contributed by atoms with E-state index in [9.17, 15) is 9.90 Å². The summed E-state index contributed by atoms with van der Waals surface area (Å²) in [5, 5.41) is 14.1. The van der Waals surface area contributed by atoms with Gasteiger partial charge < -0.3 is 20.1 Å². The summed E-state index contributed by atoms with van der Waals surface area (Å²) < 4.78 is 5.02. The van der Waals surface area contributed by atoms with E-state index >= 15 is 0 Å². The number of aliphatic hydroxyl groups is 1. The van der Waals surface area contributed by atoms with Gasteiger partial charge in [0.2, 0.25) is 0 Å². The highest BCUT2D eigenvalue weighted by atomic mass is 16.6. The van der Waals surface area contributed by atoms with Crippen LogP contribution in [0.5, 0.6) is 0 Å². The maximum absolute atomic E-state index is 11.6. The molecule has 1 amide bonds. The number of likely N-dealkylation sites (tertiary alicyclic amines) is 1. The Balaban J connectivity index is 1.68. The smallest absolute Gasteiger partial charge is 0.409 e. The first-order valence-corrected chi connectivity index (χ1v) is 8.40. The van der Waals surface area contributed by atoms with Gasteiger partial charge in [-0.25, -0.2) is 4.79 Å². The van der Waals surface area contributed by atoms with Crippen molar-refractivity contribution >= 4 is 6.09 Å². The Kier molecular flexibility index (Phi) is 5.88. The zero-order chi connectivity index (χ0) is 15.3. The molecule has 2 N–H and O–H groups in total. The minimum atomic E-state index is -0.523. The van der Waals surface area contributed by atoms with Gasteiger partial charge >= 0.3 is 6.09 Å². The molecule has 5 heteroatoms. The van der Waals surface area contributed by atoms with Crippen LogP contribution in [0.4, 0.5) is 4.79 Å². The van der Waals surface area contributed by atoms with Gasteiger partial charge in [0.1, 0.15) is 0 Å². The number of piperidine rings is 1. The lowest BCUT2D eigenvalue weighted by atomic mass is 9.79. The van der Waals surface area contributed by atoms with Crippen molar-refractivity contribution in [2.24, 2.45) is 5.92 Å². The van der Waals surface area contributed by atoms with E-state index < -0.39 is 5.60 Å². The topological polar surface area (TPSA) is 61.8 Å². The summed E-state index contributed by atoms with van der Waals surface area (Å²) in [6.45, 7) is 6.69. The molecule has 21 heavy (non-hydrogen) atoms. The van der Waals surface area contributed by atoms with Crippen LogP contribution in [0.3, 0.4) is 0 Å². The third-order valence-corrected chi connectivity index (χ3v) is 4.95. The molecule has 2 rings (SSSR count). The van der Waals surface area contributed by atoms with E-state index in [1.165, 1.54) is 0 Å². The standard InChI is InChI=1S/C16H30N2O3/c1-3-21-15(19)18-10-6-14(7-11-18)17-12-16(20)8-4-13(2)5-9-16/h13-14,17,20H,3-12H2,1-2H3. The quantitative estimate of drug-likeness (QED) is 0.835. The van der Waals surface area contributed by atoms with Crippen LogP contribution in [0, 0.1) is 5.92 Å². The van der Waals surface area contributed by atoms with Crippen LogP contribution in [-0.4, -0.2) is 54.0 Å². The highest BCUT2D eigenvalue weighted by Crippen LogP contribution is 2.31. The molecule has 0 spiro atoms. The summed E-state index contributed by atoms with van der Waals surface area (Å²) in [4.78, 5) is 13.4. The Hall–Kier alpha value is -0.810. The monoisotopic (exact) mass is 298 g/mol. The Bertz CT molecular complexity index is 332. The van der Waals surface area contributed by atoms with E-state index in [4.69, 9.17) is 4.74 Å². The van der Waals surface area contributed by atoms with Crippen LogP contribution in [0.2, 0.25) is 0 Å². The molecule has 0 unspecified atom stereocenters. The summed E-state index contributed by atoms with van der Waals surface area (Å²) in [5.41, 5.74) is -0.523. The predicted octanol–water partition coefficient (Wildman–Crippen LogP) is 2.14. The number of rotatable bonds is 4. The van der Waals surface area contributed by atoms with Gasteiger partial charge in [-0.2, -0.15) is 0 Å². The van der Waals surface area contributed by atoms with Crippen molar-refractivity contribution in [1.82, 2.24) is 10.2 Å². The van der Waals surface area contributed by atoms with Crippen LogP contribution < -0.4 is 5.32 Å². The zero-order valence-corrected chi connectivity index (χ0v) is 13.4. The molecule has 2 fully saturated rings. The van der Waals surface area contributed by atoms with Crippen molar-refractivity contribution < 1.29 is 14.6 Å². The number of ether oxygens (including phenoxy) is 1. The van der Waals surface area contributed by atoms with Crippen molar-refractivity contribution in [1.29, 1.82) is 0 Å². The van der Waals surface area contributed by atoms with E-state index in [0.29, 0.717) is 19.2 Å². The number of hydrogen-bond donors (Lipinski definition) is 2. The number of carbonyl (C=O) groups excluding carboxylic acids is 1. The Morgan fingerprint density at radius 1 is 1.29 bits per heavy atom. The van der Waals surface area contributed by atoms with E-state index in [1.54, 1.807) is 4.90 Å². The van der Waals surface area contributed by atoms with Crippen molar-refractivity contribution in [3.63, 3.8) is 0 Å². The minimum absolute atomic E-state index is 0.198. The molecule has 0 atom stereocenters. The molecule has 0 aromatic rings. The molecule has 1 heterocycles. The second-order valence-electron chi connectivity index (χ2n) is 6.75. The average molecular weight is 298 g/mol. The maximum Gasteiger partial charge on any atom is 0.409 e. The molecule has 122 valence electrons. The second-order valence-corrected chi connectivity index (χ2v) is 6.75.